The number of rotatable bonds is 6. The first-order chi connectivity index (χ1) is 12.8. The lowest BCUT2D eigenvalue weighted by Crippen LogP contribution is -2.35. The Kier molecular flexibility index (Phi) is 6.90. The molecule has 142 valence electrons. The number of benzene rings is 2. The fraction of sp³-hybridized carbons (Fsp3) is 0.211. The van der Waals surface area contributed by atoms with Gasteiger partial charge in [0.1, 0.15) is 5.82 Å². The average molecular weight is 393 g/mol. The quantitative estimate of drug-likeness (QED) is 0.740. The van der Waals surface area contributed by atoms with E-state index in [1.807, 2.05) is 32.0 Å². The van der Waals surface area contributed by atoms with Crippen molar-refractivity contribution in [1.29, 1.82) is 0 Å². The fourth-order valence-electron chi connectivity index (χ4n) is 2.29. The molecule has 0 radical (unpaired) electrons. The molecule has 2 rings (SSSR count). The van der Waals surface area contributed by atoms with Gasteiger partial charge in [0.25, 0.3) is 5.91 Å². The number of hydrogen-bond acceptors (Lipinski definition) is 4. The second kappa shape index (κ2) is 9.14. The predicted molar refractivity (Wildman–Crippen MR) is 99.2 cm³/mol. The van der Waals surface area contributed by atoms with Gasteiger partial charge >= 0.3 is 5.97 Å². The molecule has 6 nitrogen and oxygen atoms in total. The Balaban J connectivity index is 1.80. The molecule has 0 fully saturated rings. The van der Waals surface area contributed by atoms with Gasteiger partial charge in [0.05, 0.1) is 12.1 Å². The molecule has 0 heterocycles. The van der Waals surface area contributed by atoms with E-state index in [9.17, 15) is 18.8 Å². The third kappa shape index (κ3) is 5.79. The van der Waals surface area contributed by atoms with Crippen molar-refractivity contribution in [2.75, 3.05) is 18.5 Å². The van der Waals surface area contributed by atoms with Crippen LogP contribution >= 0.6 is 11.6 Å². The Morgan fingerprint density at radius 2 is 1.74 bits per heavy atom. The van der Waals surface area contributed by atoms with Crippen LogP contribution in [0.4, 0.5) is 10.1 Å². The molecule has 2 aromatic carbocycles. The lowest BCUT2D eigenvalue weighted by Gasteiger charge is -2.12. The first kappa shape index (κ1) is 20.4. The monoisotopic (exact) mass is 392 g/mol. The summed E-state index contributed by atoms with van der Waals surface area (Å²) >= 11 is 5.60. The van der Waals surface area contributed by atoms with Gasteiger partial charge in [0.15, 0.2) is 6.61 Å². The van der Waals surface area contributed by atoms with Crippen molar-refractivity contribution in [2.24, 2.45) is 0 Å². The number of carbonyl (C=O) groups is 3. The second-order valence-corrected chi connectivity index (χ2v) is 6.23. The van der Waals surface area contributed by atoms with Crippen molar-refractivity contribution < 1.29 is 23.5 Å². The largest absolute Gasteiger partial charge is 0.452 e. The zero-order valence-corrected chi connectivity index (χ0v) is 15.5. The molecule has 0 saturated heterocycles. The van der Waals surface area contributed by atoms with E-state index in [0.29, 0.717) is 5.69 Å². The molecule has 0 aliphatic rings. The molecule has 0 aliphatic heterocycles. The molecule has 2 amide bonds. The molecule has 8 heteroatoms. The Morgan fingerprint density at radius 3 is 2.37 bits per heavy atom. The van der Waals surface area contributed by atoms with Crippen LogP contribution in [-0.2, 0) is 14.3 Å². The van der Waals surface area contributed by atoms with Crippen LogP contribution in [-0.4, -0.2) is 30.9 Å². The van der Waals surface area contributed by atoms with E-state index in [1.165, 1.54) is 6.07 Å². The van der Waals surface area contributed by atoms with Crippen LogP contribution in [0, 0.1) is 19.7 Å². The lowest BCUT2D eigenvalue weighted by molar-refractivity contribution is -0.126. The number of amides is 2. The summed E-state index contributed by atoms with van der Waals surface area (Å²) in [6.45, 7) is 2.78. The van der Waals surface area contributed by atoms with Crippen LogP contribution in [0.1, 0.15) is 21.5 Å². The topological polar surface area (TPSA) is 84.5 Å². The molecule has 0 spiro atoms. The molecule has 0 unspecified atom stereocenters. The first-order valence-corrected chi connectivity index (χ1v) is 8.40. The molecular formula is C19H18ClFN2O4. The number of ether oxygens (including phenoxy) is 1. The number of esters is 1. The first-order valence-electron chi connectivity index (χ1n) is 8.03. The molecule has 2 N–H and O–H groups in total. The van der Waals surface area contributed by atoms with E-state index in [4.69, 9.17) is 16.3 Å². The highest BCUT2D eigenvalue weighted by Crippen LogP contribution is 2.19. The Hall–Kier alpha value is -2.93. The van der Waals surface area contributed by atoms with Gasteiger partial charge < -0.3 is 15.4 Å². The van der Waals surface area contributed by atoms with Crippen LogP contribution in [0.25, 0.3) is 0 Å². The SMILES string of the molecule is Cc1cccc(C)c1NC(=O)CNC(=O)COC(=O)c1ccc(Cl)cc1F. The Bertz CT molecular complexity index is 866. The molecule has 0 saturated carbocycles. The molecule has 2 aromatic rings. The predicted octanol–water partition coefficient (Wildman–Crippen LogP) is 3.01. The Labute approximate surface area is 160 Å². The summed E-state index contributed by atoms with van der Waals surface area (Å²) in [7, 11) is 0. The summed E-state index contributed by atoms with van der Waals surface area (Å²) in [5.74, 6) is -2.95. The van der Waals surface area contributed by atoms with Gasteiger partial charge in [-0.1, -0.05) is 29.8 Å². The number of aryl methyl sites for hydroxylation is 2. The highest BCUT2D eigenvalue weighted by Gasteiger charge is 2.15. The molecule has 0 atom stereocenters. The fourth-order valence-corrected chi connectivity index (χ4v) is 2.45. The molecule has 0 aliphatic carbocycles. The second-order valence-electron chi connectivity index (χ2n) is 5.79. The number of anilines is 1. The summed E-state index contributed by atoms with van der Waals surface area (Å²) in [6.07, 6.45) is 0. The van der Waals surface area contributed by atoms with Gasteiger partial charge in [0, 0.05) is 10.7 Å². The van der Waals surface area contributed by atoms with Crippen molar-refractivity contribution in [3.63, 3.8) is 0 Å². The van der Waals surface area contributed by atoms with Gasteiger partial charge in [-0.25, -0.2) is 9.18 Å². The highest BCUT2D eigenvalue weighted by atomic mass is 35.5. The van der Waals surface area contributed by atoms with Crippen LogP contribution < -0.4 is 10.6 Å². The van der Waals surface area contributed by atoms with E-state index >= 15 is 0 Å². The minimum atomic E-state index is -1.00. The van der Waals surface area contributed by atoms with Gasteiger partial charge in [-0.15, -0.1) is 0 Å². The average Bonchev–Trinajstić information content (AvgIpc) is 2.61. The van der Waals surface area contributed by atoms with Gasteiger partial charge in [-0.2, -0.15) is 0 Å². The maximum absolute atomic E-state index is 13.6. The van der Waals surface area contributed by atoms with Crippen LogP contribution in [0.15, 0.2) is 36.4 Å². The normalized spacial score (nSPS) is 10.2. The van der Waals surface area contributed by atoms with Crippen molar-refractivity contribution in [3.8, 4) is 0 Å². The summed E-state index contributed by atoms with van der Waals surface area (Å²) < 4.78 is 18.3. The molecule has 0 aromatic heterocycles. The number of halogens is 2. The maximum Gasteiger partial charge on any atom is 0.341 e. The van der Waals surface area contributed by atoms with Crippen molar-refractivity contribution in [1.82, 2.24) is 5.32 Å². The molecule has 0 bridgehead atoms. The van der Waals surface area contributed by atoms with E-state index in [0.717, 1.165) is 23.3 Å². The van der Waals surface area contributed by atoms with Crippen LogP contribution in [0.2, 0.25) is 5.02 Å². The van der Waals surface area contributed by atoms with Crippen LogP contribution in [0.3, 0.4) is 0 Å². The van der Waals surface area contributed by atoms with Crippen molar-refractivity contribution in [3.05, 3.63) is 63.9 Å². The Morgan fingerprint density at radius 1 is 1.07 bits per heavy atom. The standard InChI is InChI=1S/C19H18ClFN2O4/c1-11-4-3-5-12(2)18(11)23-16(24)9-22-17(25)10-27-19(26)14-7-6-13(20)8-15(14)21/h3-8H,9-10H2,1-2H3,(H,22,25)(H,23,24). The summed E-state index contributed by atoms with van der Waals surface area (Å²) in [5.41, 5.74) is 2.14. The van der Waals surface area contributed by atoms with E-state index in [2.05, 4.69) is 10.6 Å². The summed E-state index contributed by atoms with van der Waals surface area (Å²) in [4.78, 5) is 35.5. The number of nitrogens with one attached hydrogen (secondary N) is 2. The molecular weight excluding hydrogens is 375 g/mol. The smallest absolute Gasteiger partial charge is 0.341 e. The summed E-state index contributed by atoms with van der Waals surface area (Å²) in [6, 6.07) is 9.05. The van der Waals surface area contributed by atoms with Gasteiger partial charge in [-0.05, 0) is 43.2 Å². The van der Waals surface area contributed by atoms with Crippen molar-refractivity contribution >= 4 is 35.1 Å². The van der Waals surface area contributed by atoms with Crippen LogP contribution in [0.5, 0.6) is 0 Å². The highest BCUT2D eigenvalue weighted by molar-refractivity contribution is 6.30. The third-order valence-electron chi connectivity index (χ3n) is 3.68. The number of para-hydroxylation sites is 1. The number of hydrogen-bond donors (Lipinski definition) is 2. The van der Waals surface area contributed by atoms with E-state index in [-0.39, 0.29) is 17.1 Å². The minimum Gasteiger partial charge on any atom is -0.452 e. The lowest BCUT2D eigenvalue weighted by atomic mass is 10.1. The summed E-state index contributed by atoms with van der Waals surface area (Å²) in [5, 5.41) is 5.18. The zero-order valence-electron chi connectivity index (χ0n) is 14.8. The third-order valence-corrected chi connectivity index (χ3v) is 3.91. The minimum absolute atomic E-state index is 0.136. The zero-order chi connectivity index (χ0) is 20.0. The molecule has 27 heavy (non-hydrogen) atoms. The van der Waals surface area contributed by atoms with E-state index < -0.39 is 30.2 Å². The van der Waals surface area contributed by atoms with Gasteiger partial charge in [0.2, 0.25) is 5.91 Å². The van der Waals surface area contributed by atoms with Gasteiger partial charge in [-0.3, -0.25) is 9.59 Å². The van der Waals surface area contributed by atoms with E-state index in [1.54, 1.807) is 0 Å². The maximum atomic E-state index is 13.6. The van der Waals surface area contributed by atoms with Crippen molar-refractivity contribution in [2.45, 2.75) is 13.8 Å². The number of carbonyl (C=O) groups excluding carboxylic acids is 3.